The van der Waals surface area contributed by atoms with Gasteiger partial charge in [0.05, 0.1) is 28.4 Å². The maximum absolute atomic E-state index is 5.47. The standard InChI is InChI=1S/C19H17N7O/c1-19(2,3)26-16-7-5-11(8-15(16)23-25-26)17-22-18(27-24-17)12-4-6-13-14(9-12)21-10-20-13/h4-10H,1-3H3,(H,20,21). The Morgan fingerprint density at radius 3 is 2.70 bits per heavy atom. The van der Waals surface area contributed by atoms with E-state index in [1.807, 2.05) is 41.1 Å². The van der Waals surface area contributed by atoms with E-state index >= 15 is 0 Å². The molecule has 3 heterocycles. The Kier molecular flexibility index (Phi) is 3.18. The lowest BCUT2D eigenvalue weighted by Gasteiger charge is -2.19. The fourth-order valence-corrected chi connectivity index (χ4v) is 3.08. The zero-order valence-electron chi connectivity index (χ0n) is 15.1. The lowest BCUT2D eigenvalue weighted by molar-refractivity contribution is 0.358. The molecule has 0 atom stereocenters. The van der Waals surface area contributed by atoms with Crippen LogP contribution in [0.1, 0.15) is 20.8 Å². The minimum Gasteiger partial charge on any atom is -0.345 e. The molecule has 0 saturated carbocycles. The monoisotopic (exact) mass is 359 g/mol. The number of aromatic amines is 1. The lowest BCUT2D eigenvalue weighted by atomic mass is 10.1. The van der Waals surface area contributed by atoms with Gasteiger partial charge in [0, 0.05) is 11.1 Å². The highest BCUT2D eigenvalue weighted by Crippen LogP contribution is 2.27. The predicted octanol–water partition coefficient (Wildman–Crippen LogP) is 3.78. The smallest absolute Gasteiger partial charge is 0.258 e. The summed E-state index contributed by atoms with van der Waals surface area (Å²) >= 11 is 0. The van der Waals surface area contributed by atoms with Crippen molar-refractivity contribution < 1.29 is 4.52 Å². The van der Waals surface area contributed by atoms with E-state index in [0.29, 0.717) is 11.7 Å². The van der Waals surface area contributed by atoms with Crippen LogP contribution in [-0.4, -0.2) is 35.1 Å². The van der Waals surface area contributed by atoms with Crippen LogP contribution in [0.3, 0.4) is 0 Å². The van der Waals surface area contributed by atoms with Gasteiger partial charge in [-0.25, -0.2) is 9.67 Å². The molecule has 1 N–H and O–H groups in total. The third-order valence-electron chi connectivity index (χ3n) is 4.43. The molecule has 2 aromatic carbocycles. The average molecular weight is 359 g/mol. The second-order valence-corrected chi connectivity index (χ2v) is 7.43. The third-order valence-corrected chi connectivity index (χ3v) is 4.43. The minimum absolute atomic E-state index is 0.138. The van der Waals surface area contributed by atoms with Crippen molar-refractivity contribution in [2.45, 2.75) is 26.3 Å². The Balaban J connectivity index is 1.53. The van der Waals surface area contributed by atoms with E-state index in [4.69, 9.17) is 4.52 Å². The number of nitrogens with one attached hydrogen (secondary N) is 1. The first-order valence-corrected chi connectivity index (χ1v) is 8.62. The highest BCUT2D eigenvalue weighted by atomic mass is 16.5. The Bertz CT molecular complexity index is 1270. The molecule has 0 aliphatic heterocycles. The van der Waals surface area contributed by atoms with Gasteiger partial charge in [-0.15, -0.1) is 5.10 Å². The molecule has 8 heteroatoms. The van der Waals surface area contributed by atoms with Crippen LogP contribution >= 0.6 is 0 Å². The average Bonchev–Trinajstić information content (AvgIpc) is 3.37. The molecule has 5 rings (SSSR count). The molecule has 27 heavy (non-hydrogen) atoms. The molecule has 0 amide bonds. The number of H-pyrrole nitrogens is 1. The molecule has 0 spiro atoms. The molecule has 0 aliphatic carbocycles. The first-order chi connectivity index (χ1) is 13.0. The Labute approximate surface area is 154 Å². The van der Waals surface area contributed by atoms with Crippen LogP contribution in [0.5, 0.6) is 0 Å². The number of fused-ring (bicyclic) bond motifs is 2. The van der Waals surface area contributed by atoms with Crippen molar-refractivity contribution in [2.75, 3.05) is 0 Å². The molecule has 0 fully saturated rings. The summed E-state index contributed by atoms with van der Waals surface area (Å²) in [6, 6.07) is 11.7. The molecule has 0 bridgehead atoms. The fourth-order valence-electron chi connectivity index (χ4n) is 3.08. The lowest BCUT2D eigenvalue weighted by Crippen LogP contribution is -2.22. The van der Waals surface area contributed by atoms with Gasteiger partial charge < -0.3 is 9.51 Å². The molecule has 8 nitrogen and oxygen atoms in total. The quantitative estimate of drug-likeness (QED) is 0.515. The second-order valence-electron chi connectivity index (χ2n) is 7.43. The van der Waals surface area contributed by atoms with Gasteiger partial charge in [0.1, 0.15) is 5.52 Å². The zero-order valence-corrected chi connectivity index (χ0v) is 15.1. The van der Waals surface area contributed by atoms with Crippen LogP contribution in [0.25, 0.3) is 44.9 Å². The Hall–Kier alpha value is -3.55. The molecule has 3 aromatic heterocycles. The van der Waals surface area contributed by atoms with E-state index in [0.717, 1.165) is 33.2 Å². The van der Waals surface area contributed by atoms with Gasteiger partial charge in [-0.2, -0.15) is 4.98 Å². The van der Waals surface area contributed by atoms with E-state index in [1.165, 1.54) is 0 Å². The van der Waals surface area contributed by atoms with Crippen LogP contribution in [0.2, 0.25) is 0 Å². The molecular weight excluding hydrogens is 342 g/mol. The summed E-state index contributed by atoms with van der Waals surface area (Å²) in [7, 11) is 0. The number of hydrogen-bond acceptors (Lipinski definition) is 6. The molecule has 0 unspecified atom stereocenters. The van der Waals surface area contributed by atoms with Gasteiger partial charge in [0.15, 0.2) is 0 Å². The number of hydrogen-bond donors (Lipinski definition) is 1. The van der Waals surface area contributed by atoms with E-state index in [1.54, 1.807) is 6.33 Å². The second kappa shape index (κ2) is 5.47. The molecule has 134 valence electrons. The topological polar surface area (TPSA) is 98.3 Å². The van der Waals surface area contributed by atoms with E-state index in [9.17, 15) is 0 Å². The number of benzene rings is 2. The molecular formula is C19H17N7O. The van der Waals surface area contributed by atoms with Gasteiger partial charge in [0.25, 0.3) is 5.89 Å². The van der Waals surface area contributed by atoms with Crippen LogP contribution < -0.4 is 0 Å². The van der Waals surface area contributed by atoms with Crippen LogP contribution in [0, 0.1) is 0 Å². The van der Waals surface area contributed by atoms with E-state index < -0.39 is 0 Å². The number of nitrogens with zero attached hydrogens (tertiary/aromatic N) is 6. The van der Waals surface area contributed by atoms with Crippen molar-refractivity contribution in [2.24, 2.45) is 0 Å². The summed E-state index contributed by atoms with van der Waals surface area (Å²) in [6.45, 7) is 6.28. The van der Waals surface area contributed by atoms with Gasteiger partial charge in [-0.3, -0.25) is 0 Å². The van der Waals surface area contributed by atoms with Crippen molar-refractivity contribution in [3.05, 3.63) is 42.7 Å². The summed E-state index contributed by atoms with van der Waals surface area (Å²) in [4.78, 5) is 11.8. The largest absolute Gasteiger partial charge is 0.345 e. The van der Waals surface area contributed by atoms with Crippen molar-refractivity contribution in [3.63, 3.8) is 0 Å². The van der Waals surface area contributed by atoms with Gasteiger partial charge in [-0.1, -0.05) is 10.4 Å². The van der Waals surface area contributed by atoms with E-state index in [2.05, 4.69) is 51.2 Å². The van der Waals surface area contributed by atoms with Gasteiger partial charge in [0.2, 0.25) is 5.82 Å². The maximum atomic E-state index is 5.47. The van der Waals surface area contributed by atoms with Crippen molar-refractivity contribution in [3.8, 4) is 22.8 Å². The Morgan fingerprint density at radius 2 is 1.85 bits per heavy atom. The summed E-state index contributed by atoms with van der Waals surface area (Å²) in [5.41, 5.74) is 5.12. The third kappa shape index (κ3) is 2.57. The molecule has 5 aromatic rings. The zero-order chi connectivity index (χ0) is 18.6. The van der Waals surface area contributed by atoms with Gasteiger partial charge >= 0.3 is 0 Å². The number of imidazole rings is 1. The summed E-state index contributed by atoms with van der Waals surface area (Å²) < 4.78 is 7.38. The summed E-state index contributed by atoms with van der Waals surface area (Å²) in [5.74, 6) is 0.974. The van der Waals surface area contributed by atoms with Crippen molar-refractivity contribution >= 4 is 22.1 Å². The SMILES string of the molecule is CC(C)(C)n1nnc2cc(-c3noc(-c4ccc5nc[nH]c5c4)n3)ccc21. The first kappa shape index (κ1) is 15.7. The Morgan fingerprint density at radius 1 is 1.00 bits per heavy atom. The maximum Gasteiger partial charge on any atom is 0.258 e. The predicted molar refractivity (Wildman–Crippen MR) is 101 cm³/mol. The summed E-state index contributed by atoms with van der Waals surface area (Å²) in [6.07, 6.45) is 1.66. The summed E-state index contributed by atoms with van der Waals surface area (Å²) in [5, 5.41) is 12.7. The minimum atomic E-state index is -0.138. The number of aromatic nitrogens is 7. The molecule has 0 saturated heterocycles. The normalized spacial score (nSPS) is 12.3. The fraction of sp³-hybridized carbons (Fsp3) is 0.211. The van der Waals surface area contributed by atoms with Crippen molar-refractivity contribution in [1.82, 2.24) is 35.1 Å². The van der Waals surface area contributed by atoms with E-state index in [-0.39, 0.29) is 5.54 Å². The highest BCUT2D eigenvalue weighted by molar-refractivity contribution is 5.81. The van der Waals surface area contributed by atoms with Crippen LogP contribution in [-0.2, 0) is 5.54 Å². The van der Waals surface area contributed by atoms with Crippen LogP contribution in [0.4, 0.5) is 0 Å². The molecule has 0 radical (unpaired) electrons. The van der Waals surface area contributed by atoms with Gasteiger partial charge in [-0.05, 0) is 57.2 Å². The van der Waals surface area contributed by atoms with Crippen LogP contribution in [0.15, 0.2) is 47.2 Å². The molecule has 0 aliphatic rings. The van der Waals surface area contributed by atoms with Crippen molar-refractivity contribution in [1.29, 1.82) is 0 Å². The number of rotatable bonds is 2. The highest BCUT2D eigenvalue weighted by Gasteiger charge is 2.19. The first-order valence-electron chi connectivity index (χ1n) is 8.62.